The van der Waals surface area contributed by atoms with Gasteiger partial charge in [-0.3, -0.25) is 4.79 Å². The molecule has 2 rings (SSSR count). The monoisotopic (exact) mass is 364 g/mol. The Hall–Kier alpha value is -2.22. The molecule has 2 aromatic rings. The summed E-state index contributed by atoms with van der Waals surface area (Å²) in [6, 6.07) is 5.10. The molecule has 134 valence electrons. The lowest BCUT2D eigenvalue weighted by molar-refractivity contribution is 0.0719. The third kappa shape index (κ3) is 4.66. The Morgan fingerprint density at radius 3 is 2.08 bits per heavy atom. The lowest BCUT2D eigenvalue weighted by Crippen LogP contribution is -2.21. The van der Waals surface area contributed by atoms with Crippen molar-refractivity contribution in [2.75, 3.05) is 5.32 Å². The number of carbonyl (C=O) groups is 1. The second kappa shape index (κ2) is 6.59. The van der Waals surface area contributed by atoms with Crippen molar-refractivity contribution in [3.63, 3.8) is 0 Å². The van der Waals surface area contributed by atoms with Gasteiger partial charge in [-0.1, -0.05) is 0 Å². The van der Waals surface area contributed by atoms with Crippen LogP contribution in [-0.2, 0) is 11.2 Å². The predicted molar refractivity (Wildman–Crippen MR) is 95.8 cm³/mol. The highest BCUT2D eigenvalue weighted by atomic mass is 35.5. The Morgan fingerprint density at radius 1 is 1.12 bits per heavy atom. The first-order valence-electron chi connectivity index (χ1n) is 7.58. The SMILES string of the molecule is CC(C)(O)c1cc(Nc2nc(Cl)ncc2C(N)=O)cc(C(C)(C)O)c1. The van der Waals surface area contributed by atoms with Gasteiger partial charge in [0.1, 0.15) is 11.4 Å². The smallest absolute Gasteiger partial charge is 0.254 e. The summed E-state index contributed by atoms with van der Waals surface area (Å²) in [5, 5.41) is 23.6. The van der Waals surface area contributed by atoms with Gasteiger partial charge in [0.2, 0.25) is 5.28 Å². The topological polar surface area (TPSA) is 121 Å². The number of anilines is 2. The van der Waals surface area contributed by atoms with Crippen LogP contribution in [0.1, 0.15) is 49.2 Å². The molecule has 0 radical (unpaired) electrons. The predicted octanol–water partition coefficient (Wildman–Crippen LogP) is 2.43. The van der Waals surface area contributed by atoms with Crippen molar-refractivity contribution in [2.24, 2.45) is 5.73 Å². The van der Waals surface area contributed by atoms with Gasteiger partial charge in [-0.25, -0.2) is 4.98 Å². The maximum Gasteiger partial charge on any atom is 0.254 e. The van der Waals surface area contributed by atoms with E-state index < -0.39 is 17.1 Å². The molecule has 0 atom stereocenters. The van der Waals surface area contributed by atoms with Crippen LogP contribution in [0.2, 0.25) is 5.28 Å². The van der Waals surface area contributed by atoms with Gasteiger partial charge in [0, 0.05) is 11.9 Å². The van der Waals surface area contributed by atoms with Crippen molar-refractivity contribution in [3.8, 4) is 0 Å². The molecule has 0 spiro atoms. The molecule has 0 fully saturated rings. The average Bonchev–Trinajstić information content (AvgIpc) is 2.44. The first-order chi connectivity index (χ1) is 11.4. The molecule has 25 heavy (non-hydrogen) atoms. The van der Waals surface area contributed by atoms with E-state index in [0.717, 1.165) is 0 Å². The lowest BCUT2D eigenvalue weighted by atomic mass is 9.90. The fourth-order valence-electron chi connectivity index (χ4n) is 2.18. The number of halogens is 1. The quantitative estimate of drug-likeness (QED) is 0.604. The maximum atomic E-state index is 11.6. The van der Waals surface area contributed by atoms with Crippen LogP contribution in [0.15, 0.2) is 24.4 Å². The molecule has 0 aliphatic rings. The van der Waals surface area contributed by atoms with E-state index in [1.807, 2.05) is 0 Å². The van der Waals surface area contributed by atoms with E-state index >= 15 is 0 Å². The Kier molecular flexibility index (Phi) is 5.04. The summed E-state index contributed by atoms with van der Waals surface area (Å²) in [5.41, 5.74) is 4.81. The molecular formula is C17H21ClN4O3. The Morgan fingerprint density at radius 2 is 1.64 bits per heavy atom. The number of nitrogens with two attached hydrogens (primary N) is 1. The number of primary amides is 1. The first kappa shape index (κ1) is 19.1. The molecule has 1 aromatic carbocycles. The fourth-order valence-corrected chi connectivity index (χ4v) is 2.31. The first-order valence-corrected chi connectivity index (χ1v) is 7.96. The van der Waals surface area contributed by atoms with Gasteiger partial charge < -0.3 is 21.3 Å². The number of aromatic nitrogens is 2. The third-order valence-corrected chi connectivity index (χ3v) is 3.82. The number of amides is 1. The van der Waals surface area contributed by atoms with Crippen molar-refractivity contribution >= 4 is 29.0 Å². The van der Waals surface area contributed by atoms with Crippen LogP contribution < -0.4 is 11.1 Å². The van der Waals surface area contributed by atoms with Crippen molar-refractivity contribution < 1.29 is 15.0 Å². The number of hydrogen-bond donors (Lipinski definition) is 4. The summed E-state index contributed by atoms with van der Waals surface area (Å²) in [6.07, 6.45) is 1.23. The van der Waals surface area contributed by atoms with Crippen LogP contribution in [0.4, 0.5) is 11.5 Å². The van der Waals surface area contributed by atoms with Crippen molar-refractivity contribution in [1.29, 1.82) is 0 Å². The average molecular weight is 365 g/mol. The van der Waals surface area contributed by atoms with E-state index in [0.29, 0.717) is 16.8 Å². The van der Waals surface area contributed by atoms with E-state index in [1.54, 1.807) is 45.9 Å². The molecule has 0 aliphatic carbocycles. The van der Waals surface area contributed by atoms with Crippen LogP contribution in [0, 0.1) is 0 Å². The summed E-state index contributed by atoms with van der Waals surface area (Å²) in [7, 11) is 0. The Balaban J connectivity index is 2.57. The lowest BCUT2D eigenvalue weighted by Gasteiger charge is -2.25. The zero-order valence-electron chi connectivity index (χ0n) is 14.5. The highest BCUT2D eigenvalue weighted by molar-refractivity contribution is 6.28. The van der Waals surface area contributed by atoms with Gasteiger partial charge in [-0.2, -0.15) is 4.98 Å². The number of rotatable bonds is 5. The highest BCUT2D eigenvalue weighted by Crippen LogP contribution is 2.31. The molecule has 0 bridgehead atoms. The Bertz CT molecular complexity index is 778. The Labute approximate surface area is 150 Å². The highest BCUT2D eigenvalue weighted by Gasteiger charge is 2.23. The number of nitrogens with zero attached hydrogens (tertiary/aromatic N) is 2. The van der Waals surface area contributed by atoms with Gasteiger partial charge in [0.05, 0.1) is 11.2 Å². The fraction of sp³-hybridized carbons (Fsp3) is 0.353. The van der Waals surface area contributed by atoms with Gasteiger partial charge in [-0.05, 0) is 68.6 Å². The molecular weight excluding hydrogens is 344 g/mol. The summed E-state index contributed by atoms with van der Waals surface area (Å²) in [6.45, 7) is 6.54. The second-order valence-corrected chi connectivity index (χ2v) is 7.15. The van der Waals surface area contributed by atoms with E-state index in [-0.39, 0.29) is 16.7 Å². The zero-order valence-corrected chi connectivity index (χ0v) is 15.2. The number of nitrogens with one attached hydrogen (secondary N) is 1. The maximum absolute atomic E-state index is 11.6. The van der Waals surface area contributed by atoms with Crippen LogP contribution in [0.25, 0.3) is 0 Å². The summed E-state index contributed by atoms with van der Waals surface area (Å²) in [5.74, 6) is -0.567. The normalized spacial score (nSPS) is 12.1. The molecule has 0 saturated heterocycles. The molecule has 1 heterocycles. The van der Waals surface area contributed by atoms with Gasteiger partial charge in [0.25, 0.3) is 5.91 Å². The van der Waals surface area contributed by atoms with Crippen LogP contribution in [0.3, 0.4) is 0 Å². The molecule has 0 saturated carbocycles. The number of aliphatic hydroxyl groups is 2. The molecule has 1 aromatic heterocycles. The van der Waals surface area contributed by atoms with Crippen LogP contribution in [-0.4, -0.2) is 26.1 Å². The van der Waals surface area contributed by atoms with E-state index in [2.05, 4.69) is 15.3 Å². The molecule has 5 N–H and O–H groups in total. The summed E-state index contributed by atoms with van der Waals surface area (Å²) in [4.78, 5) is 19.3. The molecule has 0 aliphatic heterocycles. The minimum absolute atomic E-state index is 0.0474. The summed E-state index contributed by atoms with van der Waals surface area (Å²) < 4.78 is 0. The van der Waals surface area contributed by atoms with Crippen molar-refractivity contribution in [3.05, 3.63) is 46.4 Å². The standard InChI is InChI=1S/C17H21ClN4O3/c1-16(2,24)9-5-10(17(3,4)25)7-11(6-9)21-14-12(13(19)23)8-20-15(18)22-14/h5-8,24-25H,1-4H3,(H2,19,23)(H,20,21,22). The summed E-state index contributed by atoms with van der Waals surface area (Å²) >= 11 is 5.80. The van der Waals surface area contributed by atoms with Crippen molar-refractivity contribution in [2.45, 2.75) is 38.9 Å². The van der Waals surface area contributed by atoms with Gasteiger partial charge in [-0.15, -0.1) is 0 Å². The van der Waals surface area contributed by atoms with E-state index in [1.165, 1.54) is 6.20 Å². The second-order valence-electron chi connectivity index (χ2n) is 6.81. The van der Waals surface area contributed by atoms with E-state index in [4.69, 9.17) is 17.3 Å². The molecule has 0 unspecified atom stereocenters. The van der Waals surface area contributed by atoms with Crippen molar-refractivity contribution in [1.82, 2.24) is 9.97 Å². The minimum atomic E-state index is -1.13. The number of benzene rings is 1. The minimum Gasteiger partial charge on any atom is -0.386 e. The number of hydrogen-bond acceptors (Lipinski definition) is 6. The van der Waals surface area contributed by atoms with Crippen LogP contribution >= 0.6 is 11.6 Å². The molecule has 1 amide bonds. The largest absolute Gasteiger partial charge is 0.386 e. The van der Waals surface area contributed by atoms with Crippen LogP contribution in [0.5, 0.6) is 0 Å². The van der Waals surface area contributed by atoms with E-state index in [9.17, 15) is 15.0 Å². The molecule has 8 heteroatoms. The third-order valence-electron chi connectivity index (χ3n) is 3.63. The zero-order chi connectivity index (χ0) is 19.0. The number of carbonyl (C=O) groups excluding carboxylic acids is 1. The van der Waals surface area contributed by atoms with Gasteiger partial charge >= 0.3 is 0 Å². The van der Waals surface area contributed by atoms with Gasteiger partial charge in [0.15, 0.2) is 0 Å². The molecule has 7 nitrogen and oxygen atoms in total.